The van der Waals surface area contributed by atoms with E-state index in [-0.39, 0.29) is 0 Å². The van der Waals surface area contributed by atoms with E-state index in [9.17, 15) is 0 Å². The molecule has 0 saturated carbocycles. The second kappa shape index (κ2) is 2.01. The fraction of sp³-hybridized carbons (Fsp3) is 0.333. The summed E-state index contributed by atoms with van der Waals surface area (Å²) < 4.78 is 0. The molecule has 0 aromatic carbocycles. The van der Waals surface area contributed by atoms with Crippen molar-refractivity contribution in [1.82, 2.24) is 5.32 Å². The first kappa shape index (κ1) is 6.01. The summed E-state index contributed by atoms with van der Waals surface area (Å²) in [7, 11) is 0. The number of hydrogen-bond acceptors (Lipinski definition) is 3. The molecule has 50 valence electrons. The Bertz CT molecular complexity index is 169. The second-order valence-corrected chi connectivity index (χ2v) is 2.18. The third-order valence-electron chi connectivity index (χ3n) is 1.26. The Morgan fingerprint density at radius 3 is 2.56 bits per heavy atom. The minimum atomic E-state index is 0.303. The third-order valence-corrected chi connectivity index (χ3v) is 1.26. The molecule has 3 heteroatoms. The van der Waals surface area contributed by atoms with Gasteiger partial charge in [-0.2, -0.15) is 0 Å². The fourth-order valence-electron chi connectivity index (χ4n) is 0.718. The van der Waals surface area contributed by atoms with Crippen LogP contribution in [0.25, 0.3) is 0 Å². The molecule has 1 atom stereocenters. The van der Waals surface area contributed by atoms with Gasteiger partial charge in [-0.05, 0) is 13.0 Å². The van der Waals surface area contributed by atoms with E-state index in [1.807, 2.05) is 13.0 Å². The lowest BCUT2D eigenvalue weighted by Crippen LogP contribution is -2.27. The van der Waals surface area contributed by atoms with E-state index >= 15 is 0 Å². The Morgan fingerprint density at radius 2 is 2.11 bits per heavy atom. The molecule has 0 amide bonds. The molecule has 0 aromatic heterocycles. The minimum Gasteiger partial charge on any atom is -0.397 e. The molecule has 0 aromatic rings. The first-order valence-corrected chi connectivity index (χ1v) is 2.89. The average Bonchev–Trinajstić information content (AvgIpc) is 1.80. The molecule has 0 aliphatic carbocycles. The highest BCUT2D eigenvalue weighted by molar-refractivity contribution is 5.29. The van der Waals surface area contributed by atoms with E-state index < -0.39 is 0 Å². The molecule has 5 N–H and O–H groups in total. The quantitative estimate of drug-likeness (QED) is 0.413. The van der Waals surface area contributed by atoms with Gasteiger partial charge in [0.05, 0.1) is 11.4 Å². The summed E-state index contributed by atoms with van der Waals surface area (Å²) in [6.45, 7) is 2.01. The van der Waals surface area contributed by atoms with Crippen molar-refractivity contribution in [3.05, 3.63) is 23.7 Å². The fourth-order valence-corrected chi connectivity index (χ4v) is 0.718. The van der Waals surface area contributed by atoms with Crippen LogP contribution in [-0.2, 0) is 0 Å². The number of nitrogens with two attached hydrogens (primary N) is 2. The highest BCUT2D eigenvalue weighted by Crippen LogP contribution is 2.02. The Kier molecular flexibility index (Phi) is 1.34. The zero-order valence-corrected chi connectivity index (χ0v) is 5.39. The maximum Gasteiger partial charge on any atom is 0.0704 e. The first-order chi connectivity index (χ1) is 4.20. The van der Waals surface area contributed by atoms with Crippen LogP contribution < -0.4 is 16.8 Å². The van der Waals surface area contributed by atoms with Crippen molar-refractivity contribution in [3.8, 4) is 0 Å². The Morgan fingerprint density at radius 1 is 1.44 bits per heavy atom. The molecule has 1 aliphatic heterocycles. The standard InChI is InChI=1S/C6H11N3/c1-4-2-5(7)6(8)3-9-4/h2-4,9H,7-8H2,1H3/t4-/m0/s1. The van der Waals surface area contributed by atoms with E-state index in [0.29, 0.717) is 17.4 Å². The molecule has 0 spiro atoms. The molecular weight excluding hydrogens is 114 g/mol. The van der Waals surface area contributed by atoms with Crippen LogP contribution in [0.4, 0.5) is 0 Å². The van der Waals surface area contributed by atoms with E-state index in [2.05, 4.69) is 5.32 Å². The zero-order chi connectivity index (χ0) is 6.85. The number of nitrogens with one attached hydrogen (secondary N) is 1. The normalized spacial score (nSPS) is 26.1. The molecular formula is C6H11N3. The maximum atomic E-state index is 5.50. The Labute approximate surface area is 54.4 Å². The van der Waals surface area contributed by atoms with Crippen molar-refractivity contribution >= 4 is 0 Å². The number of dihydropyridines is 1. The van der Waals surface area contributed by atoms with Gasteiger partial charge in [-0.3, -0.25) is 0 Å². The SMILES string of the molecule is C[C@H]1C=C(N)C(N)=CN1. The van der Waals surface area contributed by atoms with Gasteiger partial charge in [0.2, 0.25) is 0 Å². The molecule has 0 bridgehead atoms. The van der Waals surface area contributed by atoms with Crippen molar-refractivity contribution < 1.29 is 0 Å². The smallest absolute Gasteiger partial charge is 0.0704 e. The van der Waals surface area contributed by atoms with E-state index in [1.54, 1.807) is 6.20 Å². The molecule has 0 fully saturated rings. The largest absolute Gasteiger partial charge is 0.397 e. The van der Waals surface area contributed by atoms with E-state index in [1.165, 1.54) is 0 Å². The maximum absolute atomic E-state index is 5.50. The van der Waals surface area contributed by atoms with Crippen molar-refractivity contribution in [2.24, 2.45) is 11.5 Å². The third kappa shape index (κ3) is 1.16. The van der Waals surface area contributed by atoms with Gasteiger partial charge in [0.1, 0.15) is 0 Å². The van der Waals surface area contributed by atoms with E-state index in [0.717, 1.165) is 0 Å². The Hall–Kier alpha value is -1.12. The van der Waals surface area contributed by atoms with Crippen LogP contribution in [0, 0.1) is 0 Å². The van der Waals surface area contributed by atoms with Crippen molar-refractivity contribution in [2.45, 2.75) is 13.0 Å². The summed E-state index contributed by atoms with van der Waals surface area (Å²) >= 11 is 0. The second-order valence-electron chi connectivity index (χ2n) is 2.18. The summed E-state index contributed by atoms with van der Waals surface area (Å²) in [6.07, 6.45) is 3.61. The molecule has 9 heavy (non-hydrogen) atoms. The lowest BCUT2D eigenvalue weighted by atomic mass is 10.2. The van der Waals surface area contributed by atoms with Crippen LogP contribution in [0.5, 0.6) is 0 Å². The number of hydrogen-bond donors (Lipinski definition) is 3. The molecule has 1 aliphatic rings. The highest BCUT2D eigenvalue weighted by atomic mass is 14.9. The van der Waals surface area contributed by atoms with Gasteiger partial charge in [0, 0.05) is 12.2 Å². The van der Waals surface area contributed by atoms with Crippen molar-refractivity contribution in [2.75, 3.05) is 0 Å². The summed E-state index contributed by atoms with van der Waals surface area (Å²) in [5.74, 6) is 0. The minimum absolute atomic E-state index is 0.303. The molecule has 0 saturated heterocycles. The lowest BCUT2D eigenvalue weighted by molar-refractivity contribution is 0.740. The van der Waals surface area contributed by atoms with Crippen molar-refractivity contribution in [1.29, 1.82) is 0 Å². The summed E-state index contributed by atoms with van der Waals surface area (Å²) in [5.41, 5.74) is 12.2. The summed E-state index contributed by atoms with van der Waals surface area (Å²) in [4.78, 5) is 0. The van der Waals surface area contributed by atoms with E-state index in [4.69, 9.17) is 11.5 Å². The van der Waals surface area contributed by atoms with Gasteiger partial charge in [-0.15, -0.1) is 0 Å². The zero-order valence-electron chi connectivity index (χ0n) is 5.39. The molecule has 0 unspecified atom stereocenters. The van der Waals surface area contributed by atoms with Crippen LogP contribution >= 0.6 is 0 Å². The van der Waals surface area contributed by atoms with Gasteiger partial charge in [-0.25, -0.2) is 0 Å². The number of rotatable bonds is 0. The summed E-state index contributed by atoms with van der Waals surface area (Å²) in [6, 6.07) is 0.303. The molecule has 0 radical (unpaired) electrons. The Balaban J connectivity index is 2.75. The summed E-state index contributed by atoms with van der Waals surface area (Å²) in [5, 5.41) is 3.02. The van der Waals surface area contributed by atoms with Gasteiger partial charge in [0.15, 0.2) is 0 Å². The highest BCUT2D eigenvalue weighted by Gasteiger charge is 2.04. The first-order valence-electron chi connectivity index (χ1n) is 2.89. The van der Waals surface area contributed by atoms with Gasteiger partial charge in [-0.1, -0.05) is 0 Å². The lowest BCUT2D eigenvalue weighted by Gasteiger charge is -2.15. The molecule has 1 heterocycles. The topological polar surface area (TPSA) is 64.1 Å². The van der Waals surface area contributed by atoms with Gasteiger partial charge in [0.25, 0.3) is 0 Å². The van der Waals surface area contributed by atoms with Crippen LogP contribution in [0.15, 0.2) is 23.7 Å². The van der Waals surface area contributed by atoms with Gasteiger partial charge >= 0.3 is 0 Å². The van der Waals surface area contributed by atoms with Crippen LogP contribution in [-0.4, -0.2) is 6.04 Å². The predicted octanol–water partition coefficient (Wildman–Crippen LogP) is -0.379. The van der Waals surface area contributed by atoms with Crippen LogP contribution in [0.3, 0.4) is 0 Å². The molecule has 1 rings (SSSR count). The van der Waals surface area contributed by atoms with Gasteiger partial charge < -0.3 is 16.8 Å². The average molecular weight is 125 g/mol. The monoisotopic (exact) mass is 125 g/mol. The van der Waals surface area contributed by atoms with Crippen molar-refractivity contribution in [3.63, 3.8) is 0 Å². The predicted molar refractivity (Wildman–Crippen MR) is 37.1 cm³/mol. The van der Waals surface area contributed by atoms with Crippen LogP contribution in [0.2, 0.25) is 0 Å². The molecule has 3 nitrogen and oxygen atoms in total. The van der Waals surface area contributed by atoms with Crippen LogP contribution in [0.1, 0.15) is 6.92 Å².